The summed E-state index contributed by atoms with van der Waals surface area (Å²) in [6.07, 6.45) is 0. The Kier molecular flexibility index (Phi) is 6.77. The molecule has 0 aliphatic rings. The zero-order valence-electron chi connectivity index (χ0n) is 20.0. The molecule has 0 aliphatic heterocycles. The number of furan rings is 1. The minimum absolute atomic E-state index is 0.123. The van der Waals surface area contributed by atoms with Gasteiger partial charge in [0.25, 0.3) is 5.56 Å². The number of methoxy groups -OCH3 is 1. The van der Waals surface area contributed by atoms with Gasteiger partial charge in [0.2, 0.25) is 11.5 Å². The van der Waals surface area contributed by atoms with Crippen LogP contribution in [0.15, 0.2) is 87.2 Å². The van der Waals surface area contributed by atoms with E-state index in [1.807, 2.05) is 79.7 Å². The summed E-state index contributed by atoms with van der Waals surface area (Å²) in [5.41, 5.74) is 4.08. The number of nitrogens with one attached hydrogen (secondary N) is 1. The molecule has 0 bridgehead atoms. The van der Waals surface area contributed by atoms with Gasteiger partial charge in [0, 0.05) is 11.9 Å². The first kappa shape index (κ1) is 23.7. The molecule has 5 rings (SSSR count). The number of hydrogen-bond acceptors (Lipinski definition) is 6. The zero-order chi connectivity index (χ0) is 25.1. The Hall–Kier alpha value is -4.04. The molecule has 8 heteroatoms. The number of aryl methyl sites for hydroxylation is 1. The quantitative estimate of drug-likeness (QED) is 0.241. The summed E-state index contributed by atoms with van der Waals surface area (Å²) in [6.45, 7) is 2.73. The molecule has 7 nitrogen and oxygen atoms in total. The highest BCUT2D eigenvalue weighted by atomic mass is 32.2. The zero-order valence-corrected chi connectivity index (χ0v) is 20.8. The first-order valence-corrected chi connectivity index (χ1v) is 12.5. The van der Waals surface area contributed by atoms with E-state index in [4.69, 9.17) is 14.1 Å². The molecule has 36 heavy (non-hydrogen) atoms. The number of nitrogens with zero attached hydrogens (tertiary/aromatic N) is 2. The second-order valence-corrected chi connectivity index (χ2v) is 9.41. The molecular formula is C28H25N3O4S. The standard InChI is InChI=1S/C28H25N3O4S/c1-18-10-12-19(13-11-18)15-29-24(32)17-36-28-30-25-22-8-3-4-9-23(22)35-26(25)27(33)31(28)16-20-6-5-7-21(14-20)34-2/h3-14H,15-17H2,1-2H3,(H,29,32). The van der Waals surface area contributed by atoms with Crippen molar-refractivity contribution in [1.29, 1.82) is 0 Å². The van der Waals surface area contributed by atoms with Crippen LogP contribution in [0.3, 0.4) is 0 Å². The lowest BCUT2D eigenvalue weighted by Gasteiger charge is -2.12. The summed E-state index contributed by atoms with van der Waals surface area (Å²) in [6, 6.07) is 23.0. The van der Waals surface area contributed by atoms with Crippen molar-refractivity contribution < 1.29 is 13.9 Å². The maximum atomic E-state index is 13.5. The Morgan fingerprint density at radius 2 is 1.86 bits per heavy atom. The number of para-hydroxylation sites is 1. The van der Waals surface area contributed by atoms with Crippen molar-refractivity contribution in [2.45, 2.75) is 25.2 Å². The summed E-state index contributed by atoms with van der Waals surface area (Å²) in [4.78, 5) is 31.0. The third-order valence-corrected chi connectivity index (χ3v) is 6.84. The summed E-state index contributed by atoms with van der Waals surface area (Å²) < 4.78 is 12.8. The number of thioether (sulfide) groups is 1. The molecule has 2 aromatic heterocycles. The van der Waals surface area contributed by atoms with Crippen molar-refractivity contribution in [3.63, 3.8) is 0 Å². The Labute approximate surface area is 212 Å². The summed E-state index contributed by atoms with van der Waals surface area (Å²) in [7, 11) is 1.60. The number of ether oxygens (including phenoxy) is 1. The number of hydrogen-bond donors (Lipinski definition) is 1. The smallest absolute Gasteiger partial charge is 0.298 e. The van der Waals surface area contributed by atoms with E-state index in [1.54, 1.807) is 11.7 Å². The van der Waals surface area contributed by atoms with Gasteiger partial charge in [-0.2, -0.15) is 0 Å². The van der Waals surface area contributed by atoms with Gasteiger partial charge < -0.3 is 14.5 Å². The van der Waals surface area contributed by atoms with Gasteiger partial charge in [0.05, 0.1) is 19.4 Å². The molecule has 1 amide bonds. The molecule has 0 atom stereocenters. The number of rotatable bonds is 8. The van der Waals surface area contributed by atoms with Gasteiger partial charge in [-0.15, -0.1) is 0 Å². The van der Waals surface area contributed by atoms with E-state index in [0.29, 0.717) is 28.6 Å². The first-order valence-electron chi connectivity index (χ1n) is 11.5. The van der Waals surface area contributed by atoms with Crippen molar-refractivity contribution in [3.8, 4) is 5.75 Å². The Morgan fingerprint density at radius 3 is 2.67 bits per heavy atom. The maximum Gasteiger partial charge on any atom is 0.298 e. The van der Waals surface area contributed by atoms with E-state index in [-0.39, 0.29) is 29.3 Å². The van der Waals surface area contributed by atoms with Crippen molar-refractivity contribution >= 4 is 39.7 Å². The van der Waals surface area contributed by atoms with Gasteiger partial charge in [-0.25, -0.2) is 4.98 Å². The van der Waals surface area contributed by atoms with Crippen molar-refractivity contribution in [2.75, 3.05) is 12.9 Å². The lowest BCUT2D eigenvalue weighted by atomic mass is 10.1. The van der Waals surface area contributed by atoms with Crippen LogP contribution < -0.4 is 15.6 Å². The first-order chi connectivity index (χ1) is 17.5. The molecule has 5 aromatic rings. The number of benzene rings is 3. The van der Waals surface area contributed by atoms with Gasteiger partial charge in [0.1, 0.15) is 16.8 Å². The molecular weight excluding hydrogens is 474 g/mol. The van der Waals surface area contributed by atoms with E-state index >= 15 is 0 Å². The molecule has 0 radical (unpaired) electrons. The highest BCUT2D eigenvalue weighted by Gasteiger charge is 2.19. The van der Waals surface area contributed by atoms with E-state index in [9.17, 15) is 9.59 Å². The number of carbonyl (C=O) groups excluding carboxylic acids is 1. The molecule has 2 heterocycles. The van der Waals surface area contributed by atoms with E-state index in [2.05, 4.69) is 5.32 Å². The van der Waals surface area contributed by atoms with Crippen LogP contribution >= 0.6 is 11.8 Å². The third-order valence-electron chi connectivity index (χ3n) is 5.86. The summed E-state index contributed by atoms with van der Waals surface area (Å²) in [5, 5.41) is 4.16. The molecule has 0 unspecified atom stereocenters. The second kappa shape index (κ2) is 10.3. The van der Waals surface area contributed by atoms with Crippen LogP contribution in [0.2, 0.25) is 0 Å². The fourth-order valence-corrected chi connectivity index (χ4v) is 4.77. The molecule has 1 N–H and O–H groups in total. The monoisotopic (exact) mass is 499 g/mol. The Balaban J connectivity index is 1.45. The number of fused-ring (bicyclic) bond motifs is 3. The van der Waals surface area contributed by atoms with Crippen LogP contribution in [0.5, 0.6) is 5.75 Å². The van der Waals surface area contributed by atoms with E-state index in [1.165, 1.54) is 17.3 Å². The molecule has 3 aromatic carbocycles. The minimum Gasteiger partial charge on any atom is -0.497 e. The van der Waals surface area contributed by atoms with Gasteiger partial charge in [0.15, 0.2) is 5.16 Å². The summed E-state index contributed by atoms with van der Waals surface area (Å²) in [5.74, 6) is 0.681. The molecule has 0 fully saturated rings. The number of carbonyl (C=O) groups is 1. The molecule has 0 saturated heterocycles. The largest absolute Gasteiger partial charge is 0.497 e. The van der Waals surface area contributed by atoms with E-state index in [0.717, 1.165) is 16.5 Å². The fraction of sp³-hybridized carbons (Fsp3) is 0.179. The van der Waals surface area contributed by atoms with E-state index < -0.39 is 0 Å². The van der Waals surface area contributed by atoms with Gasteiger partial charge >= 0.3 is 0 Å². The van der Waals surface area contributed by atoms with Crippen LogP contribution in [0, 0.1) is 6.92 Å². The predicted molar refractivity (Wildman–Crippen MR) is 142 cm³/mol. The van der Waals surface area contributed by atoms with Crippen molar-refractivity contribution in [2.24, 2.45) is 0 Å². The average Bonchev–Trinajstić information content (AvgIpc) is 3.28. The molecule has 0 aliphatic carbocycles. The van der Waals surface area contributed by atoms with Crippen LogP contribution in [-0.4, -0.2) is 28.3 Å². The van der Waals surface area contributed by atoms with Gasteiger partial charge in [-0.3, -0.25) is 14.2 Å². The van der Waals surface area contributed by atoms with Crippen LogP contribution in [0.25, 0.3) is 22.1 Å². The van der Waals surface area contributed by atoms with Crippen LogP contribution in [-0.2, 0) is 17.9 Å². The lowest BCUT2D eigenvalue weighted by molar-refractivity contribution is -0.118. The highest BCUT2D eigenvalue weighted by molar-refractivity contribution is 7.99. The Bertz CT molecular complexity index is 1610. The minimum atomic E-state index is -0.290. The second-order valence-electron chi connectivity index (χ2n) is 8.46. The van der Waals surface area contributed by atoms with Gasteiger partial charge in [-0.1, -0.05) is 65.9 Å². The van der Waals surface area contributed by atoms with Crippen molar-refractivity contribution in [3.05, 3.63) is 99.8 Å². The summed E-state index contributed by atoms with van der Waals surface area (Å²) >= 11 is 1.23. The van der Waals surface area contributed by atoms with Crippen LogP contribution in [0.4, 0.5) is 0 Å². The van der Waals surface area contributed by atoms with Crippen molar-refractivity contribution in [1.82, 2.24) is 14.9 Å². The average molecular weight is 500 g/mol. The SMILES string of the molecule is COc1cccc(Cn2c(SCC(=O)NCc3ccc(C)cc3)nc3c(oc4ccccc43)c2=O)c1. The normalized spacial score (nSPS) is 11.2. The number of aromatic nitrogens is 2. The third kappa shape index (κ3) is 4.99. The topological polar surface area (TPSA) is 86.4 Å². The van der Waals surface area contributed by atoms with Gasteiger partial charge in [-0.05, 0) is 42.3 Å². The molecule has 0 saturated carbocycles. The predicted octanol–water partition coefficient (Wildman–Crippen LogP) is 4.92. The van der Waals surface area contributed by atoms with Crippen LogP contribution in [0.1, 0.15) is 16.7 Å². The number of amides is 1. The molecule has 182 valence electrons. The highest BCUT2D eigenvalue weighted by Crippen LogP contribution is 2.27. The molecule has 0 spiro atoms. The maximum absolute atomic E-state index is 13.5. The fourth-order valence-electron chi connectivity index (χ4n) is 3.94. The lowest BCUT2D eigenvalue weighted by Crippen LogP contribution is -2.27. The Morgan fingerprint density at radius 1 is 1.06 bits per heavy atom.